The average Bonchev–Trinajstić information content (AvgIpc) is 2.91. The van der Waals surface area contributed by atoms with Crippen molar-refractivity contribution in [2.75, 3.05) is 17.1 Å². The standard InChI is InChI=1S/C29H27BrN4O5S/c1-19-15-27(32-20(2)31-19)34-40(36,37)24-12-10-23(11-13-24)33-28(35)14-9-22-16-25(30)29(26(17-22)38-3)39-18-21-7-5-4-6-8-21/h4-17H,18H2,1-3H3,(H,33,35)(H,31,32,34)/b14-9+. The van der Waals surface area contributed by atoms with Gasteiger partial charge in [-0.15, -0.1) is 0 Å². The van der Waals surface area contributed by atoms with Crippen LogP contribution in [0, 0.1) is 13.8 Å². The number of anilines is 2. The molecule has 11 heteroatoms. The second-order valence-electron chi connectivity index (χ2n) is 8.70. The van der Waals surface area contributed by atoms with Crippen LogP contribution in [0.3, 0.4) is 0 Å². The molecule has 0 unspecified atom stereocenters. The number of hydrogen-bond donors (Lipinski definition) is 2. The van der Waals surface area contributed by atoms with Gasteiger partial charge in [0.25, 0.3) is 10.0 Å². The molecule has 0 atom stereocenters. The van der Waals surface area contributed by atoms with Gasteiger partial charge < -0.3 is 14.8 Å². The van der Waals surface area contributed by atoms with E-state index in [4.69, 9.17) is 9.47 Å². The molecule has 1 heterocycles. The molecular formula is C29H27BrN4O5S. The van der Waals surface area contributed by atoms with Crippen molar-refractivity contribution in [2.24, 2.45) is 0 Å². The fraction of sp³-hybridized carbons (Fsp3) is 0.138. The smallest absolute Gasteiger partial charge is 0.263 e. The first kappa shape index (κ1) is 28.8. The van der Waals surface area contributed by atoms with Gasteiger partial charge in [-0.2, -0.15) is 0 Å². The van der Waals surface area contributed by atoms with Gasteiger partial charge in [0.15, 0.2) is 11.5 Å². The van der Waals surface area contributed by atoms with Crippen LogP contribution in [0.2, 0.25) is 0 Å². The molecule has 4 aromatic rings. The molecule has 0 saturated heterocycles. The van der Waals surface area contributed by atoms with Crippen LogP contribution < -0.4 is 19.5 Å². The van der Waals surface area contributed by atoms with Crippen LogP contribution in [0.5, 0.6) is 11.5 Å². The summed E-state index contributed by atoms with van der Waals surface area (Å²) in [6.45, 7) is 3.82. The summed E-state index contributed by atoms with van der Waals surface area (Å²) in [6.07, 6.45) is 3.01. The van der Waals surface area contributed by atoms with Crippen LogP contribution in [0.25, 0.3) is 6.08 Å². The van der Waals surface area contributed by atoms with E-state index in [1.165, 1.54) is 30.3 Å². The van der Waals surface area contributed by atoms with E-state index in [-0.39, 0.29) is 16.6 Å². The SMILES string of the molecule is COc1cc(/C=C/C(=O)Nc2ccc(S(=O)(=O)Nc3cc(C)nc(C)n3)cc2)cc(Br)c1OCc1ccccc1. The molecule has 0 aliphatic rings. The number of methoxy groups -OCH3 is 1. The van der Waals surface area contributed by atoms with Crippen molar-refractivity contribution in [1.82, 2.24) is 9.97 Å². The number of aromatic nitrogens is 2. The Morgan fingerprint density at radius 3 is 2.40 bits per heavy atom. The molecule has 0 aliphatic heterocycles. The summed E-state index contributed by atoms with van der Waals surface area (Å²) in [7, 11) is -2.32. The van der Waals surface area contributed by atoms with Crippen LogP contribution in [-0.2, 0) is 21.4 Å². The summed E-state index contributed by atoms with van der Waals surface area (Å²) < 4.78 is 40.1. The maximum atomic E-state index is 12.7. The number of aryl methyl sites for hydroxylation is 2. The molecule has 1 amide bonds. The number of hydrogen-bond acceptors (Lipinski definition) is 7. The van der Waals surface area contributed by atoms with Crippen LogP contribution in [0.15, 0.2) is 88.2 Å². The minimum absolute atomic E-state index is 0.0291. The van der Waals surface area contributed by atoms with Gasteiger partial charge in [0.2, 0.25) is 5.91 Å². The number of rotatable bonds is 10. The first-order valence-electron chi connectivity index (χ1n) is 12.1. The maximum Gasteiger partial charge on any atom is 0.263 e. The van der Waals surface area contributed by atoms with Crippen molar-refractivity contribution >= 4 is 49.4 Å². The zero-order chi connectivity index (χ0) is 28.7. The summed E-state index contributed by atoms with van der Waals surface area (Å²) in [5.41, 5.74) is 2.82. The molecule has 0 bridgehead atoms. The van der Waals surface area contributed by atoms with Crippen molar-refractivity contribution in [3.8, 4) is 11.5 Å². The second kappa shape index (κ2) is 12.8. The molecule has 2 N–H and O–H groups in total. The molecule has 0 spiro atoms. The molecule has 0 aliphatic carbocycles. The first-order valence-corrected chi connectivity index (χ1v) is 14.4. The summed E-state index contributed by atoms with van der Waals surface area (Å²) in [5, 5.41) is 2.72. The monoisotopic (exact) mass is 622 g/mol. The molecule has 40 heavy (non-hydrogen) atoms. The largest absolute Gasteiger partial charge is 0.493 e. The summed E-state index contributed by atoms with van der Waals surface area (Å²) in [6, 6.07) is 20.7. The van der Waals surface area contributed by atoms with E-state index >= 15 is 0 Å². The van der Waals surface area contributed by atoms with Gasteiger partial charge in [-0.05, 0) is 83.4 Å². The van der Waals surface area contributed by atoms with E-state index < -0.39 is 10.0 Å². The third kappa shape index (κ3) is 7.67. The summed E-state index contributed by atoms with van der Waals surface area (Å²) in [5.74, 6) is 1.33. The van der Waals surface area contributed by atoms with Crippen molar-refractivity contribution in [2.45, 2.75) is 25.3 Å². The van der Waals surface area contributed by atoms with Crippen molar-refractivity contribution in [1.29, 1.82) is 0 Å². The van der Waals surface area contributed by atoms with Gasteiger partial charge >= 0.3 is 0 Å². The third-order valence-electron chi connectivity index (χ3n) is 5.54. The fourth-order valence-electron chi connectivity index (χ4n) is 3.74. The average molecular weight is 624 g/mol. The van der Waals surface area contributed by atoms with Crippen LogP contribution >= 0.6 is 15.9 Å². The Morgan fingerprint density at radius 1 is 1.00 bits per heavy atom. The molecule has 0 fully saturated rings. The van der Waals surface area contributed by atoms with Crippen LogP contribution in [-0.4, -0.2) is 31.4 Å². The minimum atomic E-state index is -3.87. The Balaban J connectivity index is 1.39. The topological polar surface area (TPSA) is 120 Å². The molecule has 0 radical (unpaired) electrons. The van der Waals surface area contributed by atoms with Crippen LogP contribution in [0.1, 0.15) is 22.6 Å². The van der Waals surface area contributed by atoms with Crippen molar-refractivity contribution < 1.29 is 22.7 Å². The highest BCUT2D eigenvalue weighted by atomic mass is 79.9. The van der Waals surface area contributed by atoms with Crippen LogP contribution in [0.4, 0.5) is 11.5 Å². The molecule has 1 aromatic heterocycles. The highest BCUT2D eigenvalue weighted by Crippen LogP contribution is 2.37. The summed E-state index contributed by atoms with van der Waals surface area (Å²) >= 11 is 3.52. The van der Waals surface area contributed by atoms with Gasteiger partial charge in [-0.3, -0.25) is 9.52 Å². The van der Waals surface area contributed by atoms with Gasteiger partial charge in [-0.25, -0.2) is 18.4 Å². The van der Waals surface area contributed by atoms with E-state index in [1.54, 1.807) is 39.2 Å². The molecule has 9 nitrogen and oxygen atoms in total. The fourth-order valence-corrected chi connectivity index (χ4v) is 5.31. The Bertz CT molecular complexity index is 1620. The number of nitrogens with one attached hydrogen (secondary N) is 2. The number of ether oxygens (including phenoxy) is 2. The van der Waals surface area contributed by atoms with Gasteiger partial charge in [-0.1, -0.05) is 30.3 Å². The minimum Gasteiger partial charge on any atom is -0.493 e. The lowest BCUT2D eigenvalue weighted by molar-refractivity contribution is -0.111. The normalized spacial score (nSPS) is 11.3. The highest BCUT2D eigenvalue weighted by molar-refractivity contribution is 9.10. The number of nitrogens with zero attached hydrogens (tertiary/aromatic N) is 2. The Kier molecular flexibility index (Phi) is 9.18. The van der Waals surface area contributed by atoms with Crippen molar-refractivity contribution in [3.63, 3.8) is 0 Å². The van der Waals surface area contributed by atoms with Gasteiger partial charge in [0.1, 0.15) is 18.2 Å². The van der Waals surface area contributed by atoms with Crippen molar-refractivity contribution in [3.05, 3.63) is 106 Å². The van der Waals surface area contributed by atoms with E-state index in [2.05, 4.69) is 35.9 Å². The van der Waals surface area contributed by atoms with E-state index in [1.807, 2.05) is 36.4 Å². The zero-order valence-electron chi connectivity index (χ0n) is 22.0. The third-order valence-corrected chi connectivity index (χ3v) is 7.50. The quantitative estimate of drug-likeness (QED) is 0.211. The maximum absolute atomic E-state index is 12.7. The lowest BCUT2D eigenvalue weighted by atomic mass is 10.2. The molecule has 3 aromatic carbocycles. The first-order chi connectivity index (χ1) is 19.1. The Morgan fingerprint density at radius 2 is 1.73 bits per heavy atom. The number of halogens is 1. The summed E-state index contributed by atoms with van der Waals surface area (Å²) in [4.78, 5) is 20.8. The predicted octanol–water partition coefficient (Wildman–Crippen LogP) is 5.90. The number of benzene rings is 3. The number of sulfonamides is 1. The van der Waals surface area contributed by atoms with Gasteiger partial charge in [0.05, 0.1) is 16.5 Å². The zero-order valence-corrected chi connectivity index (χ0v) is 24.4. The molecule has 0 saturated carbocycles. The van der Waals surface area contributed by atoms with Gasteiger partial charge in [0, 0.05) is 23.5 Å². The number of amides is 1. The molecule has 4 rings (SSSR count). The predicted molar refractivity (Wildman–Crippen MR) is 158 cm³/mol. The van der Waals surface area contributed by atoms with E-state index in [0.29, 0.717) is 45.3 Å². The lowest BCUT2D eigenvalue weighted by Crippen LogP contribution is -2.15. The Hall–Kier alpha value is -4.22. The molecule has 206 valence electrons. The lowest BCUT2D eigenvalue weighted by Gasteiger charge is -2.13. The second-order valence-corrected chi connectivity index (χ2v) is 11.2. The Labute approximate surface area is 241 Å². The highest BCUT2D eigenvalue weighted by Gasteiger charge is 2.16. The van der Waals surface area contributed by atoms with E-state index in [0.717, 1.165) is 5.56 Å². The number of carbonyl (C=O) groups excluding carboxylic acids is 1. The molecular weight excluding hydrogens is 596 g/mol. The number of carbonyl (C=O) groups is 1. The van der Waals surface area contributed by atoms with E-state index in [9.17, 15) is 13.2 Å².